The van der Waals surface area contributed by atoms with E-state index >= 15 is 0 Å². The summed E-state index contributed by atoms with van der Waals surface area (Å²) in [7, 11) is 0. The molecule has 0 aliphatic rings. The van der Waals surface area contributed by atoms with Gasteiger partial charge in [-0.05, 0) is 29.7 Å². The molecule has 23 heavy (non-hydrogen) atoms. The van der Waals surface area contributed by atoms with E-state index in [1.54, 1.807) is 6.07 Å². The first-order valence-corrected chi connectivity index (χ1v) is 7.80. The average Bonchev–Trinajstić information content (AvgIpc) is 2.55. The second-order valence-corrected chi connectivity index (χ2v) is 5.79. The van der Waals surface area contributed by atoms with Crippen molar-refractivity contribution in [3.63, 3.8) is 0 Å². The Bertz CT molecular complexity index is 646. The number of aliphatic hydroxyl groups excluding tert-OH is 1. The summed E-state index contributed by atoms with van der Waals surface area (Å²) in [5.41, 5.74) is 2.85. The van der Waals surface area contributed by atoms with Gasteiger partial charge in [-0.1, -0.05) is 54.1 Å². The number of alkyl carbamates (subject to hydrolysis) is 1. The molecule has 0 saturated carbocycles. The second kappa shape index (κ2) is 8.56. The molecule has 0 aliphatic carbocycles. The van der Waals surface area contributed by atoms with Crippen LogP contribution in [0.3, 0.4) is 0 Å². The molecule has 1 unspecified atom stereocenters. The Morgan fingerprint density at radius 1 is 1.22 bits per heavy atom. The standard InChI is InChI=1S/C18H20ClNO3/c1-13-9-15(7-8-17(13)19)10-16(21)11-20-18(22)23-12-14-5-3-2-4-6-14/h2-9,16,21H,10-12H2,1H3,(H,20,22). The Balaban J connectivity index is 1.72. The van der Waals surface area contributed by atoms with E-state index in [0.29, 0.717) is 11.4 Å². The monoisotopic (exact) mass is 333 g/mol. The highest BCUT2D eigenvalue weighted by Crippen LogP contribution is 2.17. The van der Waals surface area contributed by atoms with Gasteiger partial charge < -0.3 is 15.2 Å². The maximum Gasteiger partial charge on any atom is 0.407 e. The largest absolute Gasteiger partial charge is 0.445 e. The molecule has 2 aromatic rings. The molecule has 2 aromatic carbocycles. The van der Waals surface area contributed by atoms with Crippen LogP contribution >= 0.6 is 11.6 Å². The molecule has 0 bridgehead atoms. The number of amides is 1. The van der Waals surface area contributed by atoms with Crippen molar-refractivity contribution in [1.29, 1.82) is 0 Å². The molecule has 4 nitrogen and oxygen atoms in total. The molecular formula is C18H20ClNO3. The van der Waals surface area contributed by atoms with Crippen molar-refractivity contribution in [1.82, 2.24) is 5.32 Å². The molecular weight excluding hydrogens is 314 g/mol. The van der Waals surface area contributed by atoms with Crippen molar-refractivity contribution in [3.05, 3.63) is 70.2 Å². The summed E-state index contributed by atoms with van der Waals surface area (Å²) < 4.78 is 5.08. The molecule has 2 N–H and O–H groups in total. The van der Waals surface area contributed by atoms with Gasteiger partial charge in [0.05, 0.1) is 6.10 Å². The van der Waals surface area contributed by atoms with E-state index in [9.17, 15) is 9.90 Å². The topological polar surface area (TPSA) is 58.6 Å². The zero-order chi connectivity index (χ0) is 16.7. The number of hydrogen-bond donors (Lipinski definition) is 2. The number of carbonyl (C=O) groups excluding carboxylic acids is 1. The Labute approximate surface area is 141 Å². The van der Waals surface area contributed by atoms with Crippen LogP contribution in [0.25, 0.3) is 0 Å². The summed E-state index contributed by atoms with van der Waals surface area (Å²) in [6.07, 6.45) is -0.781. The molecule has 5 heteroatoms. The Hall–Kier alpha value is -2.04. The van der Waals surface area contributed by atoms with Crippen LogP contribution in [0, 0.1) is 6.92 Å². The fraction of sp³-hybridized carbons (Fsp3) is 0.278. The summed E-state index contributed by atoms with van der Waals surface area (Å²) in [5, 5.41) is 13.3. The predicted molar refractivity (Wildman–Crippen MR) is 90.5 cm³/mol. The number of rotatable bonds is 6. The van der Waals surface area contributed by atoms with Crippen LogP contribution in [0.15, 0.2) is 48.5 Å². The number of benzene rings is 2. The van der Waals surface area contributed by atoms with Crippen molar-refractivity contribution in [2.24, 2.45) is 0 Å². The Morgan fingerprint density at radius 2 is 1.96 bits per heavy atom. The molecule has 1 amide bonds. The van der Waals surface area contributed by atoms with Gasteiger partial charge in [0.15, 0.2) is 0 Å². The minimum atomic E-state index is -0.681. The van der Waals surface area contributed by atoms with Crippen molar-refractivity contribution in [2.45, 2.75) is 26.1 Å². The summed E-state index contributed by atoms with van der Waals surface area (Å²) in [5.74, 6) is 0. The molecule has 0 saturated heterocycles. The smallest absolute Gasteiger partial charge is 0.407 e. The molecule has 0 aromatic heterocycles. The van der Waals surface area contributed by atoms with Crippen LogP contribution in [0.5, 0.6) is 0 Å². The first-order valence-electron chi connectivity index (χ1n) is 7.42. The zero-order valence-corrected chi connectivity index (χ0v) is 13.7. The normalized spacial score (nSPS) is 11.8. The van der Waals surface area contributed by atoms with Gasteiger partial charge >= 0.3 is 6.09 Å². The fourth-order valence-corrected chi connectivity index (χ4v) is 2.27. The lowest BCUT2D eigenvalue weighted by atomic mass is 10.1. The highest BCUT2D eigenvalue weighted by Gasteiger charge is 2.09. The highest BCUT2D eigenvalue weighted by molar-refractivity contribution is 6.31. The van der Waals surface area contributed by atoms with Crippen molar-refractivity contribution in [3.8, 4) is 0 Å². The molecule has 0 spiro atoms. The van der Waals surface area contributed by atoms with Crippen LogP contribution in [0.2, 0.25) is 5.02 Å². The minimum Gasteiger partial charge on any atom is -0.445 e. The van der Waals surface area contributed by atoms with Crippen LogP contribution < -0.4 is 5.32 Å². The molecule has 2 rings (SSSR count). The number of carbonyl (C=O) groups is 1. The molecule has 0 aliphatic heterocycles. The van der Waals surface area contributed by atoms with Crippen LogP contribution in [-0.2, 0) is 17.8 Å². The molecule has 1 atom stereocenters. The predicted octanol–water partition coefficient (Wildman–Crippen LogP) is 3.48. The summed E-state index contributed by atoms with van der Waals surface area (Å²) in [6.45, 7) is 2.26. The van der Waals surface area contributed by atoms with Crippen LogP contribution in [-0.4, -0.2) is 23.8 Å². The molecule has 122 valence electrons. The zero-order valence-electron chi connectivity index (χ0n) is 13.0. The quantitative estimate of drug-likeness (QED) is 0.851. The van der Waals surface area contributed by atoms with Gasteiger partial charge in [-0.2, -0.15) is 0 Å². The van der Waals surface area contributed by atoms with Gasteiger partial charge in [0.25, 0.3) is 0 Å². The van der Waals surface area contributed by atoms with Crippen molar-refractivity contribution < 1.29 is 14.6 Å². The van der Waals surface area contributed by atoms with Gasteiger partial charge in [0.1, 0.15) is 6.61 Å². The van der Waals surface area contributed by atoms with Gasteiger partial charge in [-0.15, -0.1) is 0 Å². The summed E-state index contributed by atoms with van der Waals surface area (Å²) in [4.78, 5) is 11.6. The van der Waals surface area contributed by atoms with E-state index in [1.165, 1.54) is 0 Å². The van der Waals surface area contributed by atoms with E-state index in [-0.39, 0.29) is 13.2 Å². The van der Waals surface area contributed by atoms with Gasteiger partial charge in [-0.3, -0.25) is 0 Å². The van der Waals surface area contributed by atoms with E-state index in [2.05, 4.69) is 5.32 Å². The average molecular weight is 334 g/mol. The summed E-state index contributed by atoms with van der Waals surface area (Å²) >= 11 is 5.97. The van der Waals surface area contributed by atoms with E-state index in [4.69, 9.17) is 16.3 Å². The molecule has 0 fully saturated rings. The van der Waals surface area contributed by atoms with Crippen molar-refractivity contribution >= 4 is 17.7 Å². The Morgan fingerprint density at radius 3 is 2.65 bits per heavy atom. The van der Waals surface area contributed by atoms with Crippen LogP contribution in [0.4, 0.5) is 4.79 Å². The number of aryl methyl sites for hydroxylation is 1. The Kier molecular flexibility index (Phi) is 6.44. The van der Waals surface area contributed by atoms with Gasteiger partial charge in [0, 0.05) is 18.0 Å². The second-order valence-electron chi connectivity index (χ2n) is 5.38. The van der Waals surface area contributed by atoms with Crippen LogP contribution in [0.1, 0.15) is 16.7 Å². The third-order valence-corrected chi connectivity index (χ3v) is 3.81. The lowest BCUT2D eigenvalue weighted by Gasteiger charge is -2.13. The SMILES string of the molecule is Cc1cc(CC(O)CNC(=O)OCc2ccccc2)ccc1Cl. The van der Waals surface area contributed by atoms with E-state index in [0.717, 1.165) is 16.7 Å². The minimum absolute atomic E-state index is 0.134. The number of ether oxygens (including phenoxy) is 1. The third kappa shape index (κ3) is 5.93. The first-order chi connectivity index (χ1) is 11.0. The van der Waals surface area contributed by atoms with Crippen molar-refractivity contribution in [2.75, 3.05) is 6.54 Å². The van der Waals surface area contributed by atoms with Gasteiger partial charge in [-0.25, -0.2) is 4.79 Å². The molecule has 0 heterocycles. The fourth-order valence-electron chi connectivity index (χ4n) is 2.15. The number of halogens is 1. The highest BCUT2D eigenvalue weighted by atomic mass is 35.5. The van der Waals surface area contributed by atoms with E-state index < -0.39 is 12.2 Å². The number of nitrogens with one attached hydrogen (secondary N) is 1. The number of hydrogen-bond acceptors (Lipinski definition) is 3. The maximum absolute atomic E-state index is 11.6. The first kappa shape index (κ1) is 17.3. The number of aliphatic hydroxyl groups is 1. The third-order valence-electron chi connectivity index (χ3n) is 3.39. The van der Waals surface area contributed by atoms with E-state index in [1.807, 2.05) is 49.4 Å². The molecule has 0 radical (unpaired) electrons. The van der Waals surface area contributed by atoms with Gasteiger partial charge in [0.2, 0.25) is 0 Å². The summed E-state index contributed by atoms with van der Waals surface area (Å²) in [6, 6.07) is 15.0. The lowest BCUT2D eigenvalue weighted by molar-refractivity contribution is 0.125. The lowest BCUT2D eigenvalue weighted by Crippen LogP contribution is -2.33. The maximum atomic E-state index is 11.6.